The molecule has 2 aliphatic rings. The number of amides is 1. The van der Waals surface area contributed by atoms with Gasteiger partial charge in [0.15, 0.2) is 5.65 Å². The number of aryl methyl sites for hydroxylation is 1. The monoisotopic (exact) mass is 299 g/mol. The Morgan fingerprint density at radius 3 is 3.27 bits per heavy atom. The van der Waals surface area contributed by atoms with Crippen molar-refractivity contribution in [3.8, 4) is 0 Å². The summed E-state index contributed by atoms with van der Waals surface area (Å²) in [5, 5.41) is 6.83. The Morgan fingerprint density at radius 2 is 2.41 bits per heavy atom. The molecule has 0 bridgehead atoms. The second-order valence-corrected chi connectivity index (χ2v) is 6.35. The molecule has 1 amide bonds. The maximum atomic E-state index is 12.8. The molecule has 0 spiro atoms. The zero-order valence-electron chi connectivity index (χ0n) is 12.8. The summed E-state index contributed by atoms with van der Waals surface area (Å²) < 4.78 is 0. The van der Waals surface area contributed by atoms with Crippen molar-refractivity contribution < 1.29 is 4.79 Å². The lowest BCUT2D eigenvalue weighted by atomic mass is 9.92. The normalized spacial score (nSPS) is 27.2. The first-order valence-electron chi connectivity index (χ1n) is 8.11. The number of nitrogens with one attached hydrogen (secondary N) is 3. The zero-order valence-corrected chi connectivity index (χ0v) is 12.8. The summed E-state index contributed by atoms with van der Waals surface area (Å²) in [5.74, 6) is 0.844. The third-order valence-corrected chi connectivity index (χ3v) is 5.13. The first kappa shape index (κ1) is 13.7. The minimum atomic E-state index is -0.0692. The van der Waals surface area contributed by atoms with E-state index in [0.29, 0.717) is 17.3 Å². The summed E-state index contributed by atoms with van der Waals surface area (Å²) >= 11 is 0. The van der Waals surface area contributed by atoms with E-state index in [0.717, 1.165) is 43.6 Å². The molecule has 2 aromatic rings. The molecule has 3 N–H and O–H groups in total. The van der Waals surface area contributed by atoms with Crippen molar-refractivity contribution >= 4 is 17.1 Å². The van der Waals surface area contributed by atoms with E-state index >= 15 is 0 Å². The van der Waals surface area contributed by atoms with Crippen LogP contribution in [0.1, 0.15) is 48.8 Å². The van der Waals surface area contributed by atoms with Crippen LogP contribution < -0.4 is 10.6 Å². The Bertz CT molecular complexity index is 712. The van der Waals surface area contributed by atoms with Gasteiger partial charge in [-0.25, -0.2) is 9.97 Å². The Balaban J connectivity index is 1.67. The summed E-state index contributed by atoms with van der Waals surface area (Å²) in [7, 11) is 0. The summed E-state index contributed by atoms with van der Waals surface area (Å²) in [5.41, 5.74) is 1.94. The van der Waals surface area contributed by atoms with Gasteiger partial charge in [0.05, 0.1) is 16.6 Å². The standard InChI is InChI=1S/C16H21N5O/c1-2-12-19-13-10(5-8-18-14(13)20-12)15(22)21-16-6-3-4-11(16)17-9-7-16/h5,8,11,17H,2-4,6-7,9H2,1H3,(H,21,22)(H,18,19,20). The number of aromatic nitrogens is 3. The van der Waals surface area contributed by atoms with Gasteiger partial charge in [0.25, 0.3) is 5.91 Å². The largest absolute Gasteiger partial charge is 0.345 e. The molecule has 0 radical (unpaired) electrons. The van der Waals surface area contributed by atoms with Crippen molar-refractivity contribution in [3.05, 3.63) is 23.7 Å². The highest BCUT2D eigenvalue weighted by atomic mass is 16.1. The summed E-state index contributed by atoms with van der Waals surface area (Å²) in [6.07, 6.45) is 6.86. The lowest BCUT2D eigenvalue weighted by Crippen LogP contribution is -2.52. The van der Waals surface area contributed by atoms with Crippen LogP contribution in [-0.2, 0) is 6.42 Å². The van der Waals surface area contributed by atoms with E-state index in [1.807, 2.05) is 6.92 Å². The van der Waals surface area contributed by atoms with Crippen LogP contribution in [0, 0.1) is 0 Å². The van der Waals surface area contributed by atoms with E-state index < -0.39 is 0 Å². The van der Waals surface area contributed by atoms with Crippen molar-refractivity contribution in [2.75, 3.05) is 6.54 Å². The van der Waals surface area contributed by atoms with Crippen molar-refractivity contribution in [2.45, 2.75) is 50.6 Å². The molecule has 116 valence electrons. The van der Waals surface area contributed by atoms with Crippen LogP contribution in [0.3, 0.4) is 0 Å². The van der Waals surface area contributed by atoms with E-state index in [9.17, 15) is 4.79 Å². The number of pyridine rings is 1. The van der Waals surface area contributed by atoms with Crippen LogP contribution in [0.25, 0.3) is 11.2 Å². The van der Waals surface area contributed by atoms with Gasteiger partial charge in [0.1, 0.15) is 5.82 Å². The van der Waals surface area contributed by atoms with Gasteiger partial charge in [0.2, 0.25) is 0 Å². The highest BCUT2D eigenvalue weighted by Crippen LogP contribution is 2.36. The van der Waals surface area contributed by atoms with Crippen LogP contribution in [-0.4, -0.2) is 39.0 Å². The molecule has 1 saturated carbocycles. The number of imidazole rings is 1. The summed E-state index contributed by atoms with van der Waals surface area (Å²) in [4.78, 5) is 24.7. The fourth-order valence-electron chi connectivity index (χ4n) is 3.96. The fraction of sp³-hybridized carbons (Fsp3) is 0.562. The van der Waals surface area contributed by atoms with Gasteiger partial charge in [-0.3, -0.25) is 4.79 Å². The average Bonchev–Trinajstić information content (AvgIpc) is 3.18. The molecular formula is C16H21N5O. The second kappa shape index (κ2) is 5.05. The van der Waals surface area contributed by atoms with E-state index in [1.54, 1.807) is 12.3 Å². The minimum absolute atomic E-state index is 0.0192. The molecule has 0 aromatic carbocycles. The van der Waals surface area contributed by atoms with Gasteiger partial charge in [0, 0.05) is 18.7 Å². The molecule has 3 heterocycles. The Kier molecular flexibility index (Phi) is 3.14. The number of fused-ring (bicyclic) bond motifs is 2. The molecule has 1 aliphatic heterocycles. The van der Waals surface area contributed by atoms with Crippen LogP contribution in [0.15, 0.2) is 12.3 Å². The number of hydrogen-bond acceptors (Lipinski definition) is 4. The lowest BCUT2D eigenvalue weighted by Gasteiger charge is -2.30. The van der Waals surface area contributed by atoms with Crippen molar-refractivity contribution in [2.24, 2.45) is 0 Å². The predicted octanol–water partition coefficient (Wildman–Crippen LogP) is 1.53. The summed E-state index contributed by atoms with van der Waals surface area (Å²) in [6.45, 7) is 3.02. The minimum Gasteiger partial charge on any atom is -0.345 e. The number of carbonyl (C=O) groups is 1. The molecule has 2 aromatic heterocycles. The third-order valence-electron chi connectivity index (χ3n) is 5.13. The molecular weight excluding hydrogens is 278 g/mol. The molecule has 1 saturated heterocycles. The Labute approximate surface area is 129 Å². The first-order valence-corrected chi connectivity index (χ1v) is 8.11. The molecule has 1 aliphatic carbocycles. The third kappa shape index (κ3) is 2.01. The Morgan fingerprint density at radius 1 is 1.50 bits per heavy atom. The molecule has 22 heavy (non-hydrogen) atoms. The quantitative estimate of drug-likeness (QED) is 0.803. The molecule has 2 unspecified atom stereocenters. The van der Waals surface area contributed by atoms with E-state index in [4.69, 9.17) is 0 Å². The number of rotatable bonds is 3. The van der Waals surface area contributed by atoms with Gasteiger partial charge in [-0.15, -0.1) is 0 Å². The number of aromatic amines is 1. The fourth-order valence-corrected chi connectivity index (χ4v) is 3.96. The van der Waals surface area contributed by atoms with E-state index in [2.05, 4.69) is 25.6 Å². The SMILES string of the molecule is CCc1nc2nccc(C(=O)NC34CCCC3NCC4)c2[nH]1. The molecule has 6 nitrogen and oxygen atoms in total. The number of carbonyl (C=O) groups excluding carboxylic acids is 1. The van der Waals surface area contributed by atoms with Gasteiger partial charge >= 0.3 is 0 Å². The number of hydrogen-bond donors (Lipinski definition) is 3. The van der Waals surface area contributed by atoms with Crippen molar-refractivity contribution in [3.63, 3.8) is 0 Å². The van der Waals surface area contributed by atoms with E-state index in [-0.39, 0.29) is 11.4 Å². The topological polar surface area (TPSA) is 82.7 Å². The maximum absolute atomic E-state index is 12.8. The van der Waals surface area contributed by atoms with Gasteiger partial charge in [-0.2, -0.15) is 0 Å². The second-order valence-electron chi connectivity index (χ2n) is 6.35. The molecule has 2 fully saturated rings. The average molecular weight is 299 g/mol. The zero-order chi connectivity index (χ0) is 15.2. The van der Waals surface area contributed by atoms with Crippen LogP contribution >= 0.6 is 0 Å². The van der Waals surface area contributed by atoms with Gasteiger partial charge in [-0.05, 0) is 38.3 Å². The van der Waals surface area contributed by atoms with Crippen molar-refractivity contribution in [1.82, 2.24) is 25.6 Å². The number of nitrogens with zero attached hydrogens (tertiary/aromatic N) is 2. The molecule has 6 heteroatoms. The van der Waals surface area contributed by atoms with Gasteiger partial charge in [-0.1, -0.05) is 6.92 Å². The smallest absolute Gasteiger partial charge is 0.254 e. The van der Waals surface area contributed by atoms with Gasteiger partial charge < -0.3 is 15.6 Å². The van der Waals surface area contributed by atoms with E-state index in [1.165, 1.54) is 6.42 Å². The maximum Gasteiger partial charge on any atom is 0.254 e. The summed E-state index contributed by atoms with van der Waals surface area (Å²) in [6, 6.07) is 2.19. The predicted molar refractivity (Wildman–Crippen MR) is 83.7 cm³/mol. The lowest BCUT2D eigenvalue weighted by molar-refractivity contribution is 0.0899. The highest BCUT2D eigenvalue weighted by molar-refractivity contribution is 6.04. The van der Waals surface area contributed by atoms with Crippen LogP contribution in [0.4, 0.5) is 0 Å². The first-order chi connectivity index (χ1) is 10.7. The van der Waals surface area contributed by atoms with Crippen molar-refractivity contribution in [1.29, 1.82) is 0 Å². The highest BCUT2D eigenvalue weighted by Gasteiger charge is 2.47. The molecule has 2 atom stereocenters. The van der Waals surface area contributed by atoms with Crippen LogP contribution in [0.2, 0.25) is 0 Å². The Hall–Kier alpha value is -1.95. The van der Waals surface area contributed by atoms with Crippen LogP contribution in [0.5, 0.6) is 0 Å². The molecule has 4 rings (SSSR count). The number of H-pyrrole nitrogens is 1.